The maximum atomic E-state index is 13.7. The van der Waals surface area contributed by atoms with E-state index in [4.69, 9.17) is 0 Å². The summed E-state index contributed by atoms with van der Waals surface area (Å²) in [5.41, 5.74) is 5.53. The van der Waals surface area contributed by atoms with Gasteiger partial charge in [0, 0.05) is 48.7 Å². The van der Waals surface area contributed by atoms with E-state index in [-0.39, 0.29) is 18.4 Å². The monoisotopic (exact) mass is 520 g/mol. The van der Waals surface area contributed by atoms with Crippen LogP contribution in [-0.2, 0) is 19.1 Å². The number of aromatic amines is 1. The molecule has 1 fully saturated rings. The summed E-state index contributed by atoms with van der Waals surface area (Å²) < 4.78 is 41.1. The molecule has 4 aromatic rings. The molecular formula is C28H27F3N6O. The van der Waals surface area contributed by atoms with Crippen LogP contribution in [0.1, 0.15) is 63.0 Å². The maximum absolute atomic E-state index is 13.7. The molecule has 10 heteroatoms. The van der Waals surface area contributed by atoms with E-state index in [0.717, 1.165) is 70.0 Å². The number of carbonyl (C=O) groups is 1. The number of H-pyrrole nitrogens is 1. The number of aryl methyl sites for hydroxylation is 2. The smallest absolute Gasteiger partial charge is 0.346 e. The standard InChI is InChI=1S/C28H27F3N6O/c1-15-11-34-26-20(15)10-19(12-35-26)18-8-17-5-7-37(14-23(17)21(9-18)24-4-3-6-32-24)27(38)22-13-33-16(2)36-25(22)28(29,30)31/h8-13,24,32H,3-7,14H2,1-2H3,(H,34,35)/t24-/m0/s1. The molecule has 38 heavy (non-hydrogen) atoms. The summed E-state index contributed by atoms with van der Waals surface area (Å²) in [4.78, 5) is 30.1. The van der Waals surface area contributed by atoms with E-state index >= 15 is 0 Å². The highest BCUT2D eigenvalue weighted by atomic mass is 19.4. The lowest BCUT2D eigenvalue weighted by Gasteiger charge is -2.32. The molecule has 0 spiro atoms. The zero-order valence-corrected chi connectivity index (χ0v) is 21.1. The topological polar surface area (TPSA) is 86.8 Å². The molecule has 1 saturated heterocycles. The Bertz CT molecular complexity index is 1550. The van der Waals surface area contributed by atoms with Gasteiger partial charge in [-0.3, -0.25) is 4.79 Å². The Kier molecular flexibility index (Phi) is 5.94. The zero-order chi connectivity index (χ0) is 26.6. The molecule has 0 saturated carbocycles. The van der Waals surface area contributed by atoms with Gasteiger partial charge in [-0.25, -0.2) is 15.0 Å². The van der Waals surface area contributed by atoms with Gasteiger partial charge in [0.25, 0.3) is 5.91 Å². The van der Waals surface area contributed by atoms with Crippen LogP contribution in [-0.4, -0.2) is 43.8 Å². The van der Waals surface area contributed by atoms with Gasteiger partial charge in [0.2, 0.25) is 0 Å². The fourth-order valence-corrected chi connectivity index (χ4v) is 5.60. The Balaban J connectivity index is 1.39. The number of carbonyl (C=O) groups excluding carboxylic acids is 1. The lowest BCUT2D eigenvalue weighted by molar-refractivity contribution is -0.141. The van der Waals surface area contributed by atoms with Crippen LogP contribution in [0, 0.1) is 13.8 Å². The molecule has 1 atom stereocenters. The van der Waals surface area contributed by atoms with Gasteiger partial charge < -0.3 is 15.2 Å². The molecule has 0 aliphatic carbocycles. The second-order valence-corrected chi connectivity index (χ2v) is 10.1. The number of hydrogen-bond donors (Lipinski definition) is 2. The van der Waals surface area contributed by atoms with Crippen molar-refractivity contribution in [2.24, 2.45) is 0 Å². The van der Waals surface area contributed by atoms with E-state index in [1.54, 1.807) is 0 Å². The Morgan fingerprint density at radius 2 is 1.95 bits per heavy atom. The molecule has 0 bridgehead atoms. The molecule has 196 valence electrons. The van der Waals surface area contributed by atoms with Crippen LogP contribution in [0.5, 0.6) is 0 Å². The summed E-state index contributed by atoms with van der Waals surface area (Å²) >= 11 is 0. The first-order chi connectivity index (χ1) is 18.2. The lowest BCUT2D eigenvalue weighted by Crippen LogP contribution is -2.38. The quantitative estimate of drug-likeness (QED) is 0.384. The third kappa shape index (κ3) is 4.32. The van der Waals surface area contributed by atoms with Crippen molar-refractivity contribution in [1.29, 1.82) is 0 Å². The molecular weight excluding hydrogens is 493 g/mol. The van der Waals surface area contributed by atoms with E-state index in [1.807, 2.05) is 19.3 Å². The van der Waals surface area contributed by atoms with Crippen LogP contribution in [0.15, 0.2) is 36.8 Å². The molecule has 3 aromatic heterocycles. The van der Waals surface area contributed by atoms with Crippen LogP contribution < -0.4 is 5.32 Å². The van der Waals surface area contributed by atoms with Gasteiger partial charge in [-0.1, -0.05) is 6.07 Å². The molecule has 2 N–H and O–H groups in total. The zero-order valence-electron chi connectivity index (χ0n) is 21.1. The molecule has 7 nitrogen and oxygen atoms in total. The number of amides is 1. The van der Waals surface area contributed by atoms with Gasteiger partial charge >= 0.3 is 6.18 Å². The summed E-state index contributed by atoms with van der Waals surface area (Å²) in [5.74, 6) is -0.725. The van der Waals surface area contributed by atoms with Crippen LogP contribution in [0.3, 0.4) is 0 Å². The minimum Gasteiger partial charge on any atom is -0.346 e. The van der Waals surface area contributed by atoms with Crippen molar-refractivity contribution in [3.63, 3.8) is 0 Å². The van der Waals surface area contributed by atoms with Crippen molar-refractivity contribution < 1.29 is 18.0 Å². The van der Waals surface area contributed by atoms with Crippen LogP contribution >= 0.6 is 0 Å². The summed E-state index contributed by atoms with van der Waals surface area (Å²) in [6.07, 6.45) is 2.60. The average molecular weight is 521 g/mol. The third-order valence-electron chi connectivity index (χ3n) is 7.58. The van der Waals surface area contributed by atoms with Gasteiger partial charge in [0.15, 0.2) is 5.69 Å². The number of fused-ring (bicyclic) bond motifs is 2. The van der Waals surface area contributed by atoms with Crippen molar-refractivity contribution in [3.05, 3.63) is 76.1 Å². The van der Waals surface area contributed by atoms with Gasteiger partial charge in [-0.2, -0.15) is 13.2 Å². The lowest BCUT2D eigenvalue weighted by atomic mass is 9.87. The summed E-state index contributed by atoms with van der Waals surface area (Å²) in [5, 5.41) is 4.62. The number of hydrogen-bond acceptors (Lipinski definition) is 5. The second-order valence-electron chi connectivity index (χ2n) is 10.1. The highest BCUT2D eigenvalue weighted by Crippen LogP contribution is 2.37. The van der Waals surface area contributed by atoms with Crippen LogP contribution in [0.25, 0.3) is 22.2 Å². The Labute approximate surface area is 217 Å². The Hall–Kier alpha value is -3.79. The predicted molar refractivity (Wildman–Crippen MR) is 136 cm³/mol. The number of nitrogens with zero attached hydrogens (tertiary/aromatic N) is 4. The van der Waals surface area contributed by atoms with Gasteiger partial charge in [-0.05, 0) is 79.6 Å². The third-order valence-corrected chi connectivity index (χ3v) is 7.58. The number of pyridine rings is 1. The molecule has 6 rings (SSSR count). The Morgan fingerprint density at radius 3 is 2.71 bits per heavy atom. The first-order valence-corrected chi connectivity index (χ1v) is 12.7. The summed E-state index contributed by atoms with van der Waals surface area (Å²) in [6, 6.07) is 6.54. The Morgan fingerprint density at radius 1 is 1.11 bits per heavy atom. The number of nitrogens with one attached hydrogen (secondary N) is 2. The van der Waals surface area contributed by atoms with Crippen LogP contribution in [0.2, 0.25) is 0 Å². The number of aromatic nitrogens is 4. The first-order valence-electron chi connectivity index (χ1n) is 12.7. The van der Waals surface area contributed by atoms with Gasteiger partial charge in [0.1, 0.15) is 11.5 Å². The summed E-state index contributed by atoms with van der Waals surface area (Å²) in [7, 11) is 0. The molecule has 1 aromatic carbocycles. The number of halogens is 3. The van der Waals surface area contributed by atoms with E-state index in [9.17, 15) is 18.0 Å². The maximum Gasteiger partial charge on any atom is 0.434 e. The van der Waals surface area contributed by atoms with E-state index in [1.165, 1.54) is 11.8 Å². The van der Waals surface area contributed by atoms with Gasteiger partial charge in [0.05, 0.1) is 5.56 Å². The fourth-order valence-electron chi connectivity index (χ4n) is 5.60. The fraction of sp³-hybridized carbons (Fsp3) is 0.357. The predicted octanol–water partition coefficient (Wildman–Crippen LogP) is 5.28. The van der Waals surface area contributed by atoms with Crippen molar-refractivity contribution in [3.8, 4) is 11.1 Å². The molecule has 5 heterocycles. The first kappa shape index (κ1) is 24.5. The molecule has 0 unspecified atom stereocenters. The minimum absolute atomic E-state index is 0.0255. The summed E-state index contributed by atoms with van der Waals surface area (Å²) in [6.45, 7) is 4.87. The van der Waals surface area contributed by atoms with E-state index < -0.39 is 23.3 Å². The van der Waals surface area contributed by atoms with Crippen molar-refractivity contribution in [2.45, 2.75) is 51.9 Å². The molecule has 2 aliphatic rings. The van der Waals surface area contributed by atoms with Gasteiger partial charge in [-0.15, -0.1) is 0 Å². The molecule has 0 radical (unpaired) electrons. The highest BCUT2D eigenvalue weighted by Gasteiger charge is 2.39. The molecule has 2 aliphatic heterocycles. The number of rotatable bonds is 3. The largest absolute Gasteiger partial charge is 0.434 e. The highest BCUT2D eigenvalue weighted by molar-refractivity contribution is 5.95. The average Bonchev–Trinajstić information content (AvgIpc) is 3.57. The van der Waals surface area contributed by atoms with E-state index in [2.05, 4.69) is 43.5 Å². The minimum atomic E-state index is -4.74. The normalized spacial score (nSPS) is 17.7. The second kappa shape index (κ2) is 9.20. The van der Waals surface area contributed by atoms with Crippen molar-refractivity contribution in [2.75, 3.05) is 13.1 Å². The molecule has 1 amide bonds. The van der Waals surface area contributed by atoms with Crippen LogP contribution in [0.4, 0.5) is 13.2 Å². The SMILES string of the molecule is Cc1ncc(C(=O)N2CCc3cc(-c4cnc5[nH]cc(C)c5c4)cc([C@@H]4CCCN4)c3C2)c(C(F)(F)F)n1. The van der Waals surface area contributed by atoms with Crippen molar-refractivity contribution >= 4 is 16.9 Å². The number of benzene rings is 1. The van der Waals surface area contributed by atoms with E-state index in [0.29, 0.717) is 13.0 Å². The van der Waals surface area contributed by atoms with Crippen molar-refractivity contribution in [1.82, 2.24) is 30.2 Å². The number of alkyl halides is 3.